The number of hydrogen-bond donors (Lipinski definition) is 2. The maximum Gasteiger partial charge on any atom is 0.195 e. The first-order valence-corrected chi connectivity index (χ1v) is 11.9. The molecular formula is C29H27FN2O4. The van der Waals surface area contributed by atoms with Crippen LogP contribution in [0.4, 0.5) is 10.1 Å². The van der Waals surface area contributed by atoms with Gasteiger partial charge in [0, 0.05) is 31.1 Å². The maximum absolute atomic E-state index is 12.6. The molecule has 0 saturated carbocycles. The highest BCUT2D eigenvalue weighted by atomic mass is 19.1. The third-order valence-corrected chi connectivity index (χ3v) is 6.78. The minimum atomic E-state index is -0.530. The molecule has 6 nitrogen and oxygen atoms in total. The monoisotopic (exact) mass is 486 g/mol. The molecule has 3 aromatic carbocycles. The zero-order valence-corrected chi connectivity index (χ0v) is 19.9. The van der Waals surface area contributed by atoms with Crippen LogP contribution in [-0.4, -0.2) is 48.0 Å². The van der Waals surface area contributed by atoms with Gasteiger partial charge in [-0.3, -0.25) is 9.29 Å². The van der Waals surface area contributed by atoms with Gasteiger partial charge in [-0.15, -0.1) is 0 Å². The second-order valence-corrected chi connectivity index (χ2v) is 9.23. The Hall–Kier alpha value is -4.02. The summed E-state index contributed by atoms with van der Waals surface area (Å²) in [6.07, 6.45) is -0.530. The minimum absolute atomic E-state index is 0.0574. The first kappa shape index (κ1) is 23.7. The molecule has 1 unspecified atom stereocenters. The average molecular weight is 487 g/mol. The molecule has 184 valence electrons. The van der Waals surface area contributed by atoms with E-state index in [0.717, 1.165) is 47.7 Å². The number of benzene rings is 3. The zero-order chi connectivity index (χ0) is 25.2. The fraction of sp³-hybridized carbons (Fsp3) is 0.276. The number of aromatic hydroxyl groups is 2. The molecule has 2 aliphatic heterocycles. The lowest BCUT2D eigenvalue weighted by Gasteiger charge is -2.37. The summed E-state index contributed by atoms with van der Waals surface area (Å²) in [5.41, 5.74) is 4.20. The molecule has 0 radical (unpaired) electrons. The Bertz CT molecular complexity index is 1340. The number of likely N-dealkylation sites (tertiary alicyclic amines) is 1. The summed E-state index contributed by atoms with van der Waals surface area (Å²) in [6, 6.07) is 17.3. The molecule has 0 aliphatic carbocycles. The van der Waals surface area contributed by atoms with Gasteiger partial charge in [-0.2, -0.15) is 0 Å². The quantitative estimate of drug-likeness (QED) is 0.402. The van der Waals surface area contributed by atoms with E-state index >= 15 is 0 Å². The van der Waals surface area contributed by atoms with Crippen LogP contribution >= 0.6 is 0 Å². The van der Waals surface area contributed by atoms with Gasteiger partial charge in [0.25, 0.3) is 0 Å². The van der Waals surface area contributed by atoms with E-state index in [-0.39, 0.29) is 24.1 Å². The summed E-state index contributed by atoms with van der Waals surface area (Å²) in [4.78, 5) is 5.84. The van der Waals surface area contributed by atoms with Gasteiger partial charge >= 0.3 is 0 Å². The van der Waals surface area contributed by atoms with E-state index in [2.05, 4.69) is 9.74 Å². The van der Waals surface area contributed by atoms with Crippen LogP contribution in [0.5, 0.6) is 23.0 Å². The van der Waals surface area contributed by atoms with Gasteiger partial charge in [-0.25, -0.2) is 4.85 Å². The number of nitrogens with zero attached hydrogens (tertiary/aromatic N) is 2. The van der Waals surface area contributed by atoms with Crippen LogP contribution in [0.1, 0.15) is 29.7 Å². The molecule has 3 aromatic rings. The summed E-state index contributed by atoms with van der Waals surface area (Å²) in [6.45, 7) is 12.2. The first-order chi connectivity index (χ1) is 17.5. The zero-order valence-electron chi connectivity index (χ0n) is 19.9. The molecule has 2 aliphatic rings. The SMILES string of the molecule is [C-]#[N+]c1ccc(O)cc1C1=C(C)c2cc(O)ccc2OC1c1ccc(OCCN2CC(CF)C2)cc1. The molecule has 1 atom stereocenters. The van der Waals surface area contributed by atoms with E-state index in [1.807, 2.05) is 31.2 Å². The summed E-state index contributed by atoms with van der Waals surface area (Å²) >= 11 is 0. The second-order valence-electron chi connectivity index (χ2n) is 9.23. The minimum Gasteiger partial charge on any atom is -0.508 e. The average Bonchev–Trinajstić information content (AvgIpc) is 2.86. The second kappa shape index (κ2) is 9.92. The molecule has 0 amide bonds. The number of halogens is 1. The van der Waals surface area contributed by atoms with Crippen molar-refractivity contribution >= 4 is 16.8 Å². The summed E-state index contributed by atoms with van der Waals surface area (Å²) in [5.74, 6) is 1.70. The van der Waals surface area contributed by atoms with E-state index in [1.165, 1.54) is 6.07 Å². The van der Waals surface area contributed by atoms with Gasteiger partial charge in [0.2, 0.25) is 0 Å². The molecule has 2 N–H and O–H groups in total. The number of phenols is 2. The lowest BCUT2D eigenvalue weighted by Crippen LogP contribution is -2.49. The number of ether oxygens (including phenoxy) is 2. The third-order valence-electron chi connectivity index (χ3n) is 6.78. The van der Waals surface area contributed by atoms with E-state index in [1.54, 1.807) is 30.3 Å². The number of allylic oxidation sites excluding steroid dienone is 1. The Balaban J connectivity index is 1.44. The third kappa shape index (κ3) is 4.60. The Morgan fingerprint density at radius 3 is 2.42 bits per heavy atom. The highest BCUT2D eigenvalue weighted by Crippen LogP contribution is 2.49. The molecular weight excluding hydrogens is 459 g/mol. The number of phenolic OH excluding ortho intramolecular Hbond substituents is 2. The number of hydrogen-bond acceptors (Lipinski definition) is 5. The molecule has 7 heteroatoms. The number of alkyl halides is 1. The van der Waals surface area contributed by atoms with Crippen molar-refractivity contribution in [3.05, 3.63) is 88.8 Å². The van der Waals surface area contributed by atoms with E-state index < -0.39 is 6.10 Å². The molecule has 1 saturated heterocycles. The van der Waals surface area contributed by atoms with Crippen molar-refractivity contribution in [1.29, 1.82) is 0 Å². The maximum atomic E-state index is 12.6. The van der Waals surface area contributed by atoms with Gasteiger partial charge in [0.1, 0.15) is 35.7 Å². The van der Waals surface area contributed by atoms with Gasteiger partial charge < -0.3 is 19.7 Å². The van der Waals surface area contributed by atoms with E-state index in [9.17, 15) is 14.6 Å². The summed E-state index contributed by atoms with van der Waals surface area (Å²) in [7, 11) is 0. The number of rotatable bonds is 7. The van der Waals surface area contributed by atoms with Crippen LogP contribution in [0.25, 0.3) is 16.0 Å². The van der Waals surface area contributed by atoms with E-state index in [0.29, 0.717) is 23.6 Å². The molecule has 1 fully saturated rings. The fourth-order valence-electron chi connectivity index (χ4n) is 4.85. The van der Waals surface area contributed by atoms with Gasteiger partial charge in [0.15, 0.2) is 5.69 Å². The van der Waals surface area contributed by atoms with Crippen molar-refractivity contribution in [2.75, 3.05) is 32.9 Å². The van der Waals surface area contributed by atoms with Crippen molar-refractivity contribution in [2.24, 2.45) is 5.92 Å². The Labute approximate surface area is 209 Å². The van der Waals surface area contributed by atoms with Gasteiger partial charge in [-0.1, -0.05) is 18.2 Å². The Morgan fingerprint density at radius 1 is 1.03 bits per heavy atom. The lowest BCUT2D eigenvalue weighted by atomic mass is 9.85. The van der Waals surface area contributed by atoms with Crippen molar-refractivity contribution in [3.8, 4) is 23.0 Å². The van der Waals surface area contributed by atoms with Crippen LogP contribution in [0.3, 0.4) is 0 Å². The first-order valence-electron chi connectivity index (χ1n) is 11.9. The molecule has 0 bridgehead atoms. The van der Waals surface area contributed by atoms with Crippen LogP contribution in [0, 0.1) is 12.5 Å². The predicted octanol–water partition coefficient (Wildman–Crippen LogP) is 5.99. The van der Waals surface area contributed by atoms with Crippen molar-refractivity contribution in [3.63, 3.8) is 0 Å². The highest BCUT2D eigenvalue weighted by molar-refractivity contribution is 5.98. The highest BCUT2D eigenvalue weighted by Gasteiger charge is 2.31. The standard InChI is InChI=1S/C29H27FN2O4/c1-18-24-13-22(34)6-10-27(24)36-29(28(18)25-14-21(33)5-9-26(25)31-2)20-3-7-23(8-4-20)35-12-11-32-16-19(15-30)17-32/h3-10,13-14,19,29,33-34H,11-12,15-17H2,1H3. The molecule has 2 heterocycles. The van der Waals surface area contributed by atoms with Crippen molar-refractivity contribution < 1.29 is 24.1 Å². The van der Waals surface area contributed by atoms with Crippen LogP contribution < -0.4 is 9.47 Å². The van der Waals surface area contributed by atoms with Crippen molar-refractivity contribution in [1.82, 2.24) is 4.90 Å². The molecule has 5 rings (SSSR count). The van der Waals surface area contributed by atoms with Crippen LogP contribution in [0.15, 0.2) is 60.7 Å². The van der Waals surface area contributed by atoms with E-state index in [4.69, 9.17) is 16.0 Å². The smallest absolute Gasteiger partial charge is 0.195 e. The topological polar surface area (TPSA) is 66.5 Å². The lowest BCUT2D eigenvalue weighted by molar-refractivity contribution is 0.0668. The summed E-state index contributed by atoms with van der Waals surface area (Å²) < 4.78 is 24.9. The molecule has 0 aromatic heterocycles. The van der Waals surface area contributed by atoms with Crippen molar-refractivity contribution in [2.45, 2.75) is 13.0 Å². The predicted molar refractivity (Wildman–Crippen MR) is 136 cm³/mol. The Morgan fingerprint density at radius 2 is 1.72 bits per heavy atom. The Kier molecular flexibility index (Phi) is 6.53. The van der Waals surface area contributed by atoms with Gasteiger partial charge in [-0.05, 0) is 71.7 Å². The van der Waals surface area contributed by atoms with Crippen LogP contribution in [0.2, 0.25) is 0 Å². The molecule has 36 heavy (non-hydrogen) atoms. The number of fused-ring (bicyclic) bond motifs is 1. The fourth-order valence-corrected chi connectivity index (χ4v) is 4.85. The largest absolute Gasteiger partial charge is 0.508 e. The normalized spacial score (nSPS) is 17.6. The molecule has 0 spiro atoms. The van der Waals surface area contributed by atoms with Gasteiger partial charge in [0.05, 0.1) is 13.2 Å². The van der Waals surface area contributed by atoms with Crippen LogP contribution in [-0.2, 0) is 0 Å². The summed E-state index contributed by atoms with van der Waals surface area (Å²) in [5, 5.41) is 20.3.